The van der Waals surface area contributed by atoms with E-state index in [9.17, 15) is 4.79 Å². The molecule has 0 saturated heterocycles. The van der Waals surface area contributed by atoms with E-state index in [2.05, 4.69) is 42.9 Å². The van der Waals surface area contributed by atoms with E-state index in [1.54, 1.807) is 11.1 Å². The number of aromatic nitrogens is 2. The molecule has 2 heterocycles. The third-order valence-electron chi connectivity index (χ3n) is 4.93. The minimum absolute atomic E-state index is 0.00301. The van der Waals surface area contributed by atoms with E-state index in [0.717, 1.165) is 34.1 Å². The SMILES string of the molecule is CC[C@H](c1ccccn1)N(C)C(=O)c1[nH]c2c(C)cc(C)cc2c1C. The van der Waals surface area contributed by atoms with Crippen LogP contribution in [0.5, 0.6) is 0 Å². The molecule has 0 aliphatic heterocycles. The molecule has 1 N–H and O–H groups in total. The Morgan fingerprint density at radius 3 is 2.64 bits per heavy atom. The Kier molecular flexibility index (Phi) is 4.62. The van der Waals surface area contributed by atoms with Gasteiger partial charge in [-0.1, -0.05) is 24.6 Å². The molecule has 0 fully saturated rings. The number of amides is 1. The lowest BCUT2D eigenvalue weighted by Crippen LogP contribution is -2.32. The number of carbonyl (C=O) groups is 1. The number of hydrogen-bond donors (Lipinski definition) is 1. The van der Waals surface area contributed by atoms with Gasteiger partial charge in [-0.15, -0.1) is 0 Å². The van der Waals surface area contributed by atoms with Crippen molar-refractivity contribution in [2.24, 2.45) is 0 Å². The molecule has 0 aliphatic rings. The van der Waals surface area contributed by atoms with Crippen molar-refractivity contribution in [3.8, 4) is 0 Å². The number of hydrogen-bond acceptors (Lipinski definition) is 2. The minimum Gasteiger partial charge on any atom is -0.350 e. The van der Waals surface area contributed by atoms with Gasteiger partial charge in [0.25, 0.3) is 5.91 Å². The molecule has 0 unspecified atom stereocenters. The summed E-state index contributed by atoms with van der Waals surface area (Å²) in [5.74, 6) is 0.00301. The summed E-state index contributed by atoms with van der Waals surface area (Å²) in [5.41, 5.74) is 6.01. The number of benzene rings is 1. The summed E-state index contributed by atoms with van der Waals surface area (Å²) in [6.45, 7) is 8.25. The number of aryl methyl sites for hydroxylation is 3. The second-order valence-electron chi connectivity index (χ2n) is 6.72. The van der Waals surface area contributed by atoms with Crippen LogP contribution < -0.4 is 0 Å². The fourth-order valence-corrected chi connectivity index (χ4v) is 3.57. The number of nitrogens with one attached hydrogen (secondary N) is 1. The molecule has 25 heavy (non-hydrogen) atoms. The zero-order valence-corrected chi connectivity index (χ0v) is 15.6. The van der Waals surface area contributed by atoms with Gasteiger partial charge in [-0.05, 0) is 56.5 Å². The second-order valence-corrected chi connectivity index (χ2v) is 6.72. The highest BCUT2D eigenvalue weighted by atomic mass is 16.2. The molecule has 3 rings (SSSR count). The summed E-state index contributed by atoms with van der Waals surface area (Å²) in [6.07, 6.45) is 2.59. The highest BCUT2D eigenvalue weighted by molar-refractivity contribution is 6.01. The minimum atomic E-state index is -0.0395. The first kappa shape index (κ1) is 17.2. The monoisotopic (exact) mass is 335 g/mol. The number of H-pyrrole nitrogens is 1. The van der Waals surface area contributed by atoms with E-state index >= 15 is 0 Å². The average Bonchev–Trinajstić information content (AvgIpc) is 2.93. The highest BCUT2D eigenvalue weighted by Gasteiger charge is 2.25. The average molecular weight is 335 g/mol. The number of nitrogens with zero attached hydrogens (tertiary/aromatic N) is 2. The van der Waals surface area contributed by atoms with Gasteiger partial charge in [-0.3, -0.25) is 9.78 Å². The number of fused-ring (bicyclic) bond motifs is 1. The molecule has 1 aromatic carbocycles. The molecule has 0 spiro atoms. The van der Waals surface area contributed by atoms with Crippen molar-refractivity contribution in [2.75, 3.05) is 7.05 Å². The van der Waals surface area contributed by atoms with Crippen molar-refractivity contribution in [3.05, 3.63) is 64.6 Å². The van der Waals surface area contributed by atoms with Gasteiger partial charge in [0.05, 0.1) is 11.7 Å². The highest BCUT2D eigenvalue weighted by Crippen LogP contribution is 2.29. The van der Waals surface area contributed by atoms with Crippen molar-refractivity contribution >= 4 is 16.8 Å². The van der Waals surface area contributed by atoms with Crippen LogP contribution in [0, 0.1) is 20.8 Å². The van der Waals surface area contributed by atoms with Crippen LogP contribution in [0.3, 0.4) is 0 Å². The fraction of sp³-hybridized carbons (Fsp3) is 0.333. The van der Waals surface area contributed by atoms with Crippen molar-refractivity contribution < 1.29 is 4.79 Å². The Labute approximate surface area is 148 Å². The van der Waals surface area contributed by atoms with Crippen molar-refractivity contribution in [2.45, 2.75) is 40.2 Å². The maximum absolute atomic E-state index is 13.2. The predicted molar refractivity (Wildman–Crippen MR) is 102 cm³/mol. The topological polar surface area (TPSA) is 49.0 Å². The van der Waals surface area contributed by atoms with Gasteiger partial charge in [0.1, 0.15) is 5.69 Å². The Bertz CT molecular complexity index is 912. The number of pyridine rings is 1. The van der Waals surface area contributed by atoms with E-state index < -0.39 is 0 Å². The fourth-order valence-electron chi connectivity index (χ4n) is 3.57. The normalized spacial score (nSPS) is 12.4. The van der Waals surface area contributed by atoms with Crippen molar-refractivity contribution in [1.29, 1.82) is 0 Å². The van der Waals surface area contributed by atoms with E-state index in [0.29, 0.717) is 5.69 Å². The van der Waals surface area contributed by atoms with E-state index in [4.69, 9.17) is 0 Å². The first-order chi connectivity index (χ1) is 11.9. The standard InChI is InChI=1S/C21H25N3O/c1-6-18(17-9-7-8-10-22-17)24(5)21(25)20-15(4)16-12-13(2)11-14(3)19(16)23-20/h7-12,18,23H,6H2,1-5H3/t18-/m1/s1. The summed E-state index contributed by atoms with van der Waals surface area (Å²) < 4.78 is 0. The van der Waals surface area contributed by atoms with Crippen LogP contribution in [-0.4, -0.2) is 27.8 Å². The van der Waals surface area contributed by atoms with Crippen LogP contribution >= 0.6 is 0 Å². The predicted octanol–water partition coefficient (Wildman–Crippen LogP) is 4.71. The largest absolute Gasteiger partial charge is 0.350 e. The summed E-state index contributed by atoms with van der Waals surface area (Å²) in [7, 11) is 1.86. The summed E-state index contributed by atoms with van der Waals surface area (Å²) in [6, 6.07) is 10.1. The third-order valence-corrected chi connectivity index (χ3v) is 4.93. The van der Waals surface area contributed by atoms with Gasteiger partial charge in [0.15, 0.2) is 0 Å². The summed E-state index contributed by atoms with van der Waals surface area (Å²) >= 11 is 0. The maximum atomic E-state index is 13.2. The van der Waals surface area contributed by atoms with Gasteiger partial charge in [-0.2, -0.15) is 0 Å². The van der Waals surface area contributed by atoms with Crippen LogP contribution in [0.15, 0.2) is 36.5 Å². The van der Waals surface area contributed by atoms with E-state index in [1.165, 1.54) is 5.56 Å². The van der Waals surface area contributed by atoms with Crippen LogP contribution in [0.2, 0.25) is 0 Å². The molecular formula is C21H25N3O. The quantitative estimate of drug-likeness (QED) is 0.750. The molecule has 0 bridgehead atoms. The maximum Gasteiger partial charge on any atom is 0.270 e. The smallest absolute Gasteiger partial charge is 0.270 e. The van der Waals surface area contributed by atoms with Gasteiger partial charge in [0.2, 0.25) is 0 Å². The van der Waals surface area contributed by atoms with E-state index in [1.807, 2.05) is 32.2 Å². The third kappa shape index (κ3) is 3.04. The first-order valence-corrected chi connectivity index (χ1v) is 8.71. The molecule has 1 atom stereocenters. The molecule has 4 nitrogen and oxygen atoms in total. The van der Waals surface area contributed by atoms with Crippen LogP contribution in [0.1, 0.15) is 52.3 Å². The molecule has 2 aromatic heterocycles. The lowest BCUT2D eigenvalue weighted by Gasteiger charge is -2.26. The van der Waals surface area contributed by atoms with Gasteiger partial charge in [0, 0.05) is 24.1 Å². The lowest BCUT2D eigenvalue weighted by molar-refractivity contribution is 0.0717. The molecule has 3 aromatic rings. The van der Waals surface area contributed by atoms with Crippen LogP contribution in [0.4, 0.5) is 0 Å². The van der Waals surface area contributed by atoms with E-state index in [-0.39, 0.29) is 11.9 Å². The zero-order valence-electron chi connectivity index (χ0n) is 15.6. The number of aromatic amines is 1. The molecule has 130 valence electrons. The molecule has 4 heteroatoms. The molecule has 0 aliphatic carbocycles. The van der Waals surface area contributed by atoms with Gasteiger partial charge in [-0.25, -0.2) is 0 Å². The van der Waals surface area contributed by atoms with Crippen molar-refractivity contribution in [1.82, 2.24) is 14.9 Å². The Balaban J connectivity index is 2.01. The molecule has 0 radical (unpaired) electrons. The second kappa shape index (κ2) is 6.71. The Morgan fingerprint density at radius 2 is 2.00 bits per heavy atom. The summed E-state index contributed by atoms with van der Waals surface area (Å²) in [5, 5.41) is 1.13. The number of rotatable bonds is 4. The molecule has 1 amide bonds. The Morgan fingerprint density at radius 1 is 1.24 bits per heavy atom. The lowest BCUT2D eigenvalue weighted by atomic mass is 10.0. The molecule has 0 saturated carbocycles. The van der Waals surface area contributed by atoms with Gasteiger partial charge < -0.3 is 9.88 Å². The molecular weight excluding hydrogens is 310 g/mol. The van der Waals surface area contributed by atoms with Crippen LogP contribution in [-0.2, 0) is 0 Å². The first-order valence-electron chi connectivity index (χ1n) is 8.71. The van der Waals surface area contributed by atoms with Crippen molar-refractivity contribution in [3.63, 3.8) is 0 Å². The Hall–Kier alpha value is -2.62. The van der Waals surface area contributed by atoms with Gasteiger partial charge >= 0.3 is 0 Å². The van der Waals surface area contributed by atoms with Crippen LogP contribution in [0.25, 0.3) is 10.9 Å². The zero-order chi connectivity index (χ0) is 18.1. The number of carbonyl (C=O) groups excluding carboxylic acids is 1. The summed E-state index contributed by atoms with van der Waals surface area (Å²) in [4.78, 5) is 22.8.